The number of aryl methyl sites for hydroxylation is 2. The van der Waals surface area contributed by atoms with Crippen LogP contribution < -0.4 is 10.2 Å². The fourth-order valence-electron chi connectivity index (χ4n) is 1.15. The summed E-state index contributed by atoms with van der Waals surface area (Å²) in [6, 6.07) is 1.94. The Labute approximate surface area is 159 Å². The van der Waals surface area contributed by atoms with Gasteiger partial charge in [0.1, 0.15) is 0 Å². The van der Waals surface area contributed by atoms with Gasteiger partial charge in [-0.3, -0.25) is 0 Å². The molecule has 0 aromatic carbocycles. The maximum Gasteiger partial charge on any atom is 0.0130 e. The molecule has 0 aliphatic rings. The second-order valence-electron chi connectivity index (χ2n) is 3.45. The molecule has 2 radical (unpaired) electrons. The smallest absolute Gasteiger partial charge is 0.0130 e. The average Bonchev–Trinajstić information content (AvgIpc) is 2.87. The van der Waals surface area contributed by atoms with Crippen LogP contribution in [0.2, 0.25) is 0 Å². The van der Waals surface area contributed by atoms with E-state index in [2.05, 4.69) is 34.2 Å². The molecule has 2 aromatic heterocycles. The van der Waals surface area contributed by atoms with Crippen LogP contribution in [0, 0.1) is 27.7 Å². The molecule has 0 unspecified atom stereocenters. The molecule has 0 saturated heterocycles. The van der Waals surface area contributed by atoms with Crippen LogP contribution >= 0.6 is 0 Å². The summed E-state index contributed by atoms with van der Waals surface area (Å²) in [5.41, 5.74) is 4.09. The van der Waals surface area contributed by atoms with Crippen molar-refractivity contribution >= 4 is 0 Å². The Balaban J connectivity index is 0. The van der Waals surface area contributed by atoms with E-state index in [0.29, 0.717) is 0 Å². The minimum Gasteiger partial charge on any atom is -0.581 e. The van der Waals surface area contributed by atoms with Crippen LogP contribution in [-0.2, 0) is 78.3 Å². The largest absolute Gasteiger partial charge is 0.581 e. The van der Waals surface area contributed by atoms with Crippen molar-refractivity contribution < 1.29 is 65.4 Å². The summed E-state index contributed by atoms with van der Waals surface area (Å²) in [6.07, 6.45) is 3.23. The van der Waals surface area contributed by atoms with Gasteiger partial charge in [-0.1, -0.05) is 11.6 Å². The number of nitrogens with zero attached hydrogens (tertiary/aromatic N) is 4. The van der Waals surface area contributed by atoms with Gasteiger partial charge in [-0.15, -0.1) is 0 Å². The van der Waals surface area contributed by atoms with E-state index in [4.69, 9.17) is 0 Å². The Bertz CT molecular complexity index is 423. The summed E-state index contributed by atoms with van der Waals surface area (Å²) in [7, 11) is 0. The van der Waals surface area contributed by atoms with Crippen LogP contribution in [0.25, 0.3) is 0 Å². The molecule has 2 heterocycles. The van der Waals surface area contributed by atoms with Crippen molar-refractivity contribution in [3.05, 3.63) is 48.8 Å². The summed E-state index contributed by atoms with van der Waals surface area (Å²) >= 11 is 0. The third-order valence-electron chi connectivity index (χ3n) is 2.09. The molecule has 6 heteroatoms. The maximum absolute atomic E-state index is 3.82. The molecule has 94 valence electrons. The van der Waals surface area contributed by atoms with E-state index in [1.807, 2.05) is 19.9 Å². The van der Waals surface area contributed by atoms with E-state index >= 15 is 0 Å². The molecular formula is C12H16N4Y2-4. The predicted octanol–water partition coefficient (Wildman–Crippen LogP) is 1.44. The van der Waals surface area contributed by atoms with Crippen LogP contribution in [0.15, 0.2) is 12.3 Å². The zero-order chi connectivity index (χ0) is 12.0. The van der Waals surface area contributed by atoms with Crippen LogP contribution in [0.1, 0.15) is 22.6 Å². The zero-order valence-electron chi connectivity index (χ0n) is 10.9. The minimum absolute atomic E-state index is 0. The van der Waals surface area contributed by atoms with E-state index in [1.54, 1.807) is 6.20 Å². The fourth-order valence-corrected chi connectivity index (χ4v) is 1.15. The molecule has 18 heavy (non-hydrogen) atoms. The first kappa shape index (κ1) is 20.9. The first-order valence-electron chi connectivity index (χ1n) is 5.15. The molecule has 0 N–H and O–H groups in total. The number of hydrogen-bond donors (Lipinski definition) is 0. The van der Waals surface area contributed by atoms with Gasteiger partial charge in [0.15, 0.2) is 0 Å². The summed E-state index contributed by atoms with van der Waals surface area (Å²) in [5, 5.41) is 15.1. The fraction of sp³-hybridized carbons (Fsp3) is 0.333. The van der Waals surface area contributed by atoms with E-state index < -0.39 is 0 Å². The molecule has 0 saturated carbocycles. The van der Waals surface area contributed by atoms with Crippen molar-refractivity contribution in [2.75, 3.05) is 0 Å². The van der Waals surface area contributed by atoms with E-state index in [0.717, 1.165) is 35.5 Å². The number of rotatable bonds is 2. The first-order valence-corrected chi connectivity index (χ1v) is 5.15. The monoisotopic (exact) mass is 394 g/mol. The van der Waals surface area contributed by atoms with Crippen LogP contribution in [0.5, 0.6) is 0 Å². The van der Waals surface area contributed by atoms with Gasteiger partial charge >= 0.3 is 0 Å². The Morgan fingerprint density at radius 1 is 1.11 bits per heavy atom. The third kappa shape index (κ3) is 7.27. The van der Waals surface area contributed by atoms with E-state index in [-0.39, 0.29) is 65.4 Å². The van der Waals surface area contributed by atoms with Crippen molar-refractivity contribution in [2.24, 2.45) is 0 Å². The van der Waals surface area contributed by atoms with E-state index in [1.165, 1.54) is 0 Å². The molecule has 2 aromatic rings. The first-order chi connectivity index (χ1) is 7.67. The third-order valence-corrected chi connectivity index (χ3v) is 2.09. The molecule has 0 atom stereocenters. The van der Waals surface area contributed by atoms with Crippen molar-refractivity contribution in [2.45, 2.75) is 26.7 Å². The molecule has 2 rings (SSSR count). The summed E-state index contributed by atoms with van der Waals surface area (Å²) in [5.74, 6) is 0. The van der Waals surface area contributed by atoms with Gasteiger partial charge in [0, 0.05) is 77.3 Å². The molecular weight excluding hydrogens is 378 g/mol. The van der Waals surface area contributed by atoms with Crippen LogP contribution in [0.3, 0.4) is 0 Å². The molecule has 0 bridgehead atoms. The minimum atomic E-state index is 0. The Kier molecular flexibility index (Phi) is 13.3. The van der Waals surface area contributed by atoms with Crippen molar-refractivity contribution in [1.29, 1.82) is 0 Å². The van der Waals surface area contributed by atoms with Crippen molar-refractivity contribution in [1.82, 2.24) is 20.4 Å². The predicted molar refractivity (Wildman–Crippen MR) is 62.7 cm³/mol. The van der Waals surface area contributed by atoms with Crippen molar-refractivity contribution in [3.63, 3.8) is 0 Å². The number of aromatic nitrogens is 4. The zero-order valence-corrected chi connectivity index (χ0v) is 16.6. The summed E-state index contributed by atoms with van der Waals surface area (Å²) < 4.78 is 0. The second-order valence-corrected chi connectivity index (χ2v) is 3.45. The molecule has 0 spiro atoms. The van der Waals surface area contributed by atoms with Crippen LogP contribution in [0.4, 0.5) is 0 Å². The van der Waals surface area contributed by atoms with Gasteiger partial charge in [0.25, 0.3) is 0 Å². The Morgan fingerprint density at radius 3 is 2.00 bits per heavy atom. The molecule has 0 aliphatic carbocycles. The quantitative estimate of drug-likeness (QED) is 0.724. The summed E-state index contributed by atoms with van der Waals surface area (Å²) in [6.45, 7) is 11.3. The molecule has 0 amide bonds. The normalized spacial score (nSPS) is 8.67. The van der Waals surface area contributed by atoms with Gasteiger partial charge in [0.2, 0.25) is 0 Å². The van der Waals surface area contributed by atoms with Gasteiger partial charge < -0.3 is 34.2 Å². The Morgan fingerprint density at radius 2 is 1.78 bits per heavy atom. The van der Waals surface area contributed by atoms with Crippen LogP contribution in [-0.4, -0.2) is 10.2 Å². The average molecular weight is 394 g/mol. The van der Waals surface area contributed by atoms with Gasteiger partial charge in [-0.05, 0) is 13.8 Å². The molecule has 0 fully saturated rings. The maximum atomic E-state index is 3.82. The van der Waals surface area contributed by atoms with Gasteiger partial charge in [-0.2, -0.15) is 24.2 Å². The summed E-state index contributed by atoms with van der Waals surface area (Å²) in [4.78, 5) is 0. The van der Waals surface area contributed by atoms with Gasteiger partial charge in [-0.25, -0.2) is 0 Å². The van der Waals surface area contributed by atoms with Crippen molar-refractivity contribution in [3.8, 4) is 0 Å². The van der Waals surface area contributed by atoms with E-state index in [9.17, 15) is 0 Å². The molecule has 4 nitrogen and oxygen atoms in total. The standard InChI is InChI=1S/2C6H8N2.2Y/c1-3-6-5(2)4-7-8-6;1-3-6-4-5(2)7-8-6;;/h2*4H,1,3H2,2H3;;/q2*-2;;. The second kappa shape index (κ2) is 11.5. The number of hydrogen-bond acceptors (Lipinski definition) is 2. The SMILES string of the molecule is [CH2-]Cc1[n-]ncc1C.[CH2-]Cc1cc(C)n[n-]1.[Y].[Y]. The van der Waals surface area contributed by atoms with Gasteiger partial charge in [0.05, 0.1) is 0 Å². The topological polar surface area (TPSA) is 54.0 Å². The Hall–Kier alpha value is 0.628. The molecule has 0 aliphatic heterocycles.